The molecule has 26 heavy (non-hydrogen) atoms. The van der Waals surface area contributed by atoms with Gasteiger partial charge in [-0.1, -0.05) is 49.4 Å². The SMILES string of the molecule is CCCN(C(=O)Nc1ccc(-c2ccccc2)cc1)C1COC[C@H]1SC. The molecule has 2 aromatic rings. The van der Waals surface area contributed by atoms with E-state index in [4.69, 9.17) is 4.74 Å². The monoisotopic (exact) mass is 370 g/mol. The number of nitrogens with one attached hydrogen (secondary N) is 1. The maximum atomic E-state index is 12.9. The van der Waals surface area contributed by atoms with Crippen LogP contribution < -0.4 is 5.32 Å². The molecule has 1 unspecified atom stereocenters. The van der Waals surface area contributed by atoms with Crippen molar-refractivity contribution in [3.8, 4) is 11.1 Å². The summed E-state index contributed by atoms with van der Waals surface area (Å²) in [5, 5.41) is 3.39. The molecule has 0 spiro atoms. The first-order valence-electron chi connectivity index (χ1n) is 9.06. The molecule has 0 radical (unpaired) electrons. The smallest absolute Gasteiger partial charge is 0.322 e. The van der Waals surface area contributed by atoms with Crippen molar-refractivity contribution in [1.82, 2.24) is 4.90 Å². The van der Waals surface area contributed by atoms with E-state index < -0.39 is 0 Å². The van der Waals surface area contributed by atoms with E-state index in [9.17, 15) is 4.79 Å². The highest BCUT2D eigenvalue weighted by Gasteiger charge is 2.34. The topological polar surface area (TPSA) is 41.6 Å². The normalized spacial score (nSPS) is 19.3. The molecular formula is C21H26N2O2S. The van der Waals surface area contributed by atoms with Crippen molar-refractivity contribution >= 4 is 23.5 Å². The van der Waals surface area contributed by atoms with E-state index in [1.807, 2.05) is 47.4 Å². The first-order valence-corrected chi connectivity index (χ1v) is 10.4. The molecule has 1 fully saturated rings. The summed E-state index contributed by atoms with van der Waals surface area (Å²) in [6, 6.07) is 18.3. The summed E-state index contributed by atoms with van der Waals surface area (Å²) >= 11 is 1.77. The Morgan fingerprint density at radius 2 is 1.81 bits per heavy atom. The number of anilines is 1. The van der Waals surface area contributed by atoms with E-state index in [0.29, 0.717) is 18.5 Å². The van der Waals surface area contributed by atoms with Gasteiger partial charge in [0, 0.05) is 12.2 Å². The predicted octanol–water partition coefficient (Wildman–Crippen LogP) is 4.73. The van der Waals surface area contributed by atoms with Gasteiger partial charge in [-0.2, -0.15) is 11.8 Å². The molecule has 1 heterocycles. The van der Waals surface area contributed by atoms with E-state index in [1.54, 1.807) is 11.8 Å². The quantitative estimate of drug-likeness (QED) is 0.799. The predicted molar refractivity (Wildman–Crippen MR) is 110 cm³/mol. The highest BCUT2D eigenvalue weighted by atomic mass is 32.2. The number of ether oxygens (including phenoxy) is 1. The Balaban J connectivity index is 1.69. The molecule has 2 atom stereocenters. The molecule has 2 amide bonds. The van der Waals surface area contributed by atoms with E-state index in [2.05, 4.69) is 30.6 Å². The van der Waals surface area contributed by atoms with Crippen molar-refractivity contribution < 1.29 is 9.53 Å². The molecule has 3 rings (SSSR count). The largest absolute Gasteiger partial charge is 0.378 e. The molecule has 0 bridgehead atoms. The summed E-state index contributed by atoms with van der Waals surface area (Å²) < 4.78 is 5.61. The van der Waals surface area contributed by atoms with Gasteiger partial charge in [-0.05, 0) is 35.9 Å². The summed E-state index contributed by atoms with van der Waals surface area (Å²) in [4.78, 5) is 14.8. The number of carbonyl (C=O) groups excluding carboxylic acids is 1. The summed E-state index contributed by atoms with van der Waals surface area (Å²) in [5.74, 6) is 0. The van der Waals surface area contributed by atoms with Gasteiger partial charge in [0.25, 0.3) is 0 Å². The van der Waals surface area contributed by atoms with Gasteiger partial charge in [0.05, 0.1) is 24.5 Å². The molecule has 0 saturated carbocycles. The lowest BCUT2D eigenvalue weighted by molar-refractivity contribution is 0.153. The minimum atomic E-state index is -0.0474. The first kappa shape index (κ1) is 18.8. The maximum Gasteiger partial charge on any atom is 0.322 e. The molecule has 1 N–H and O–H groups in total. The van der Waals surface area contributed by atoms with E-state index in [-0.39, 0.29) is 12.1 Å². The highest BCUT2D eigenvalue weighted by molar-refractivity contribution is 7.99. The Kier molecular flexibility index (Phi) is 6.58. The Morgan fingerprint density at radius 1 is 1.12 bits per heavy atom. The molecular weight excluding hydrogens is 344 g/mol. The summed E-state index contributed by atoms with van der Waals surface area (Å²) in [7, 11) is 0. The zero-order valence-corrected chi connectivity index (χ0v) is 16.2. The molecule has 1 saturated heterocycles. The number of urea groups is 1. The van der Waals surface area contributed by atoms with Crippen LogP contribution >= 0.6 is 11.8 Å². The Hall–Kier alpha value is -1.98. The van der Waals surface area contributed by atoms with Crippen LogP contribution in [0.3, 0.4) is 0 Å². The minimum absolute atomic E-state index is 0.0474. The average Bonchev–Trinajstić information content (AvgIpc) is 3.15. The highest BCUT2D eigenvalue weighted by Crippen LogP contribution is 2.25. The van der Waals surface area contributed by atoms with Crippen molar-refractivity contribution in [3.05, 3.63) is 54.6 Å². The lowest BCUT2D eigenvalue weighted by atomic mass is 10.1. The van der Waals surface area contributed by atoms with Crippen molar-refractivity contribution in [1.29, 1.82) is 0 Å². The van der Waals surface area contributed by atoms with Crippen molar-refractivity contribution in [2.24, 2.45) is 0 Å². The fourth-order valence-corrected chi connectivity index (χ4v) is 4.04. The second kappa shape index (κ2) is 9.10. The minimum Gasteiger partial charge on any atom is -0.378 e. The van der Waals surface area contributed by atoms with Gasteiger partial charge in [0.15, 0.2) is 0 Å². The van der Waals surface area contributed by atoms with Crippen LogP contribution in [0, 0.1) is 0 Å². The summed E-state index contributed by atoms with van der Waals surface area (Å²) in [6.45, 7) is 4.16. The third-order valence-corrected chi connectivity index (χ3v) is 5.73. The molecule has 1 aliphatic rings. The summed E-state index contributed by atoms with van der Waals surface area (Å²) in [5.41, 5.74) is 3.12. The van der Waals surface area contributed by atoms with Gasteiger partial charge in [0.1, 0.15) is 0 Å². The second-order valence-electron chi connectivity index (χ2n) is 6.45. The summed E-state index contributed by atoms with van der Waals surface area (Å²) in [6.07, 6.45) is 3.01. The Bertz CT molecular complexity index is 706. The number of thioether (sulfide) groups is 1. The number of hydrogen-bond donors (Lipinski definition) is 1. The van der Waals surface area contributed by atoms with Crippen LogP contribution in [0.25, 0.3) is 11.1 Å². The third kappa shape index (κ3) is 4.40. The average molecular weight is 371 g/mol. The molecule has 0 aliphatic carbocycles. The van der Waals surface area contributed by atoms with Crippen molar-refractivity contribution in [2.75, 3.05) is 31.3 Å². The van der Waals surface area contributed by atoms with Crippen LogP contribution in [-0.4, -0.2) is 48.2 Å². The molecule has 4 nitrogen and oxygen atoms in total. The van der Waals surface area contributed by atoms with Gasteiger partial charge in [-0.25, -0.2) is 4.79 Å². The number of hydrogen-bond acceptors (Lipinski definition) is 3. The molecule has 1 aliphatic heterocycles. The first-order chi connectivity index (χ1) is 12.7. The number of amides is 2. The molecule has 5 heteroatoms. The number of nitrogens with zero attached hydrogens (tertiary/aromatic N) is 1. The Morgan fingerprint density at radius 3 is 2.46 bits per heavy atom. The maximum absolute atomic E-state index is 12.9. The van der Waals surface area contributed by atoms with E-state index in [1.165, 1.54) is 5.56 Å². The van der Waals surface area contributed by atoms with Gasteiger partial charge >= 0.3 is 6.03 Å². The molecule has 138 valence electrons. The van der Waals surface area contributed by atoms with Crippen LogP contribution in [0.2, 0.25) is 0 Å². The number of benzene rings is 2. The van der Waals surface area contributed by atoms with Crippen LogP contribution in [0.5, 0.6) is 0 Å². The second-order valence-corrected chi connectivity index (χ2v) is 7.52. The van der Waals surface area contributed by atoms with E-state index >= 15 is 0 Å². The lowest BCUT2D eigenvalue weighted by Gasteiger charge is -2.31. The van der Waals surface area contributed by atoms with Crippen molar-refractivity contribution in [2.45, 2.75) is 24.6 Å². The van der Waals surface area contributed by atoms with E-state index in [0.717, 1.165) is 24.2 Å². The van der Waals surface area contributed by atoms with Crippen LogP contribution in [0.4, 0.5) is 10.5 Å². The van der Waals surface area contributed by atoms with Gasteiger partial charge < -0.3 is 15.0 Å². The van der Waals surface area contributed by atoms with Crippen LogP contribution in [0.15, 0.2) is 54.6 Å². The van der Waals surface area contributed by atoms with Crippen LogP contribution in [-0.2, 0) is 4.74 Å². The van der Waals surface area contributed by atoms with Crippen molar-refractivity contribution in [3.63, 3.8) is 0 Å². The number of rotatable bonds is 6. The zero-order valence-electron chi connectivity index (χ0n) is 15.4. The van der Waals surface area contributed by atoms with Gasteiger partial charge in [-0.15, -0.1) is 0 Å². The Labute approximate surface area is 159 Å². The fraction of sp³-hybridized carbons (Fsp3) is 0.381. The van der Waals surface area contributed by atoms with Gasteiger partial charge in [0.2, 0.25) is 0 Å². The van der Waals surface area contributed by atoms with Crippen LogP contribution in [0.1, 0.15) is 13.3 Å². The molecule has 0 aromatic heterocycles. The lowest BCUT2D eigenvalue weighted by Crippen LogP contribution is -2.47. The molecule has 2 aromatic carbocycles. The third-order valence-electron chi connectivity index (χ3n) is 4.67. The fourth-order valence-electron chi connectivity index (χ4n) is 3.27. The number of carbonyl (C=O) groups is 1. The standard InChI is InChI=1S/C21H26N2O2S/c1-3-13-23(19-14-25-15-20(19)26-2)21(24)22-18-11-9-17(10-12-18)16-7-5-4-6-8-16/h4-12,19-20H,3,13-15H2,1-2H3,(H,22,24)/t19?,20-/m1/s1. The zero-order chi connectivity index (χ0) is 18.4. The van der Waals surface area contributed by atoms with Gasteiger partial charge in [-0.3, -0.25) is 0 Å².